The summed E-state index contributed by atoms with van der Waals surface area (Å²) in [5.74, 6) is 1.12. The lowest BCUT2D eigenvalue weighted by Crippen LogP contribution is -2.06. The molecule has 1 aromatic heterocycles. The first-order chi connectivity index (χ1) is 15.2. The molecule has 0 saturated carbocycles. The maximum Gasteiger partial charge on any atom is 0.416 e. The first-order valence-corrected chi connectivity index (χ1v) is 10.8. The fraction of sp³-hybridized carbons (Fsp3) is 0.346. The second-order valence-corrected chi connectivity index (χ2v) is 7.44. The Morgan fingerprint density at radius 1 is 1.03 bits per heavy atom. The summed E-state index contributed by atoms with van der Waals surface area (Å²) in [6.45, 7) is 9.32. The largest absolute Gasteiger partial charge is 0.416 e. The molecule has 0 N–H and O–H groups in total. The molecule has 2 aromatic carbocycles. The third-order valence-electron chi connectivity index (χ3n) is 5.18. The van der Waals surface area contributed by atoms with Gasteiger partial charge in [0.1, 0.15) is 5.82 Å². The Balaban J connectivity index is 0.000000534. The van der Waals surface area contributed by atoms with E-state index in [4.69, 9.17) is 9.97 Å². The standard InChI is InChI=1S/C21H21F3N2.C5H8O/c1-3-7-14(4-2)20-25-18-9-6-5-8-17(18)19(26-20)15-10-12-16(13-11-15)21(22,23)24;1-3-5(6)4-2/h5-6,8-14H,3-4,7H2,1-2H3;3H,1,4H2,2H3. The minimum atomic E-state index is -4.34. The number of nitrogens with zero attached hydrogens (tertiary/aromatic N) is 2. The predicted octanol–water partition coefficient (Wildman–Crippen LogP) is 7.76. The molecule has 3 nitrogen and oxygen atoms in total. The number of hydrogen-bond donors (Lipinski definition) is 0. The van der Waals surface area contributed by atoms with Crippen LogP contribution in [0, 0.1) is 0 Å². The van der Waals surface area contributed by atoms with Crippen molar-refractivity contribution in [3.05, 3.63) is 72.6 Å². The lowest BCUT2D eigenvalue weighted by Gasteiger charge is -2.16. The van der Waals surface area contributed by atoms with E-state index in [1.54, 1.807) is 0 Å². The summed E-state index contributed by atoms with van der Waals surface area (Å²) in [4.78, 5) is 19.5. The van der Waals surface area contributed by atoms with Crippen LogP contribution in [-0.4, -0.2) is 15.8 Å². The minimum absolute atomic E-state index is 0.106. The van der Waals surface area contributed by atoms with E-state index in [1.807, 2.05) is 31.2 Å². The van der Waals surface area contributed by atoms with Crippen LogP contribution in [-0.2, 0) is 11.0 Å². The van der Waals surface area contributed by atoms with Crippen LogP contribution in [0.1, 0.15) is 63.8 Å². The molecule has 0 saturated heterocycles. The fourth-order valence-corrected chi connectivity index (χ4v) is 3.32. The molecular formula is C26H29F3N2O. The van der Waals surface area contributed by atoms with Gasteiger partial charge in [0.05, 0.1) is 16.8 Å². The third kappa shape index (κ3) is 6.49. The Bertz CT molecular complexity index is 1040. The van der Waals surface area contributed by atoms with Crippen molar-refractivity contribution in [2.45, 2.75) is 58.5 Å². The van der Waals surface area contributed by atoms with Crippen LogP contribution in [0.2, 0.25) is 0 Å². The van der Waals surface area contributed by atoms with Crippen LogP contribution >= 0.6 is 0 Å². The van der Waals surface area contributed by atoms with Gasteiger partial charge in [0, 0.05) is 23.3 Å². The Labute approximate surface area is 187 Å². The quantitative estimate of drug-likeness (QED) is 0.351. The summed E-state index contributed by atoms with van der Waals surface area (Å²) in [5.41, 5.74) is 1.53. The number of aromatic nitrogens is 2. The molecule has 3 aromatic rings. The van der Waals surface area contributed by atoms with Crippen molar-refractivity contribution < 1.29 is 18.0 Å². The van der Waals surface area contributed by atoms with Gasteiger partial charge in [0.25, 0.3) is 0 Å². The lowest BCUT2D eigenvalue weighted by atomic mass is 9.98. The van der Waals surface area contributed by atoms with E-state index in [-0.39, 0.29) is 11.7 Å². The highest BCUT2D eigenvalue weighted by atomic mass is 19.4. The van der Waals surface area contributed by atoms with E-state index in [1.165, 1.54) is 18.2 Å². The van der Waals surface area contributed by atoms with Gasteiger partial charge >= 0.3 is 6.18 Å². The molecule has 1 unspecified atom stereocenters. The van der Waals surface area contributed by atoms with E-state index in [0.29, 0.717) is 17.7 Å². The normalized spacial score (nSPS) is 12.1. The summed E-state index contributed by atoms with van der Waals surface area (Å²) in [6, 6.07) is 12.8. The van der Waals surface area contributed by atoms with E-state index in [0.717, 1.165) is 48.1 Å². The molecule has 6 heteroatoms. The van der Waals surface area contributed by atoms with Gasteiger partial charge in [-0.3, -0.25) is 4.79 Å². The van der Waals surface area contributed by atoms with Gasteiger partial charge in [-0.25, -0.2) is 9.97 Å². The summed E-state index contributed by atoms with van der Waals surface area (Å²) >= 11 is 0. The van der Waals surface area contributed by atoms with Crippen molar-refractivity contribution in [1.82, 2.24) is 9.97 Å². The SMILES string of the molecule is C=CC(=O)CC.CCCC(CC)c1nc(-c2ccc(C(F)(F)F)cc2)c2ccccc2n1. The van der Waals surface area contributed by atoms with Gasteiger partial charge in [-0.15, -0.1) is 0 Å². The van der Waals surface area contributed by atoms with Gasteiger partial charge in [0.15, 0.2) is 5.78 Å². The average Bonchev–Trinajstić information content (AvgIpc) is 2.81. The van der Waals surface area contributed by atoms with Gasteiger partial charge in [-0.1, -0.05) is 64.1 Å². The number of rotatable bonds is 7. The minimum Gasteiger partial charge on any atom is -0.295 e. The summed E-state index contributed by atoms with van der Waals surface area (Å²) < 4.78 is 38.5. The molecule has 0 spiro atoms. The maximum atomic E-state index is 12.8. The number of hydrogen-bond acceptors (Lipinski definition) is 3. The fourth-order valence-electron chi connectivity index (χ4n) is 3.32. The summed E-state index contributed by atoms with van der Waals surface area (Å²) in [7, 11) is 0. The van der Waals surface area contributed by atoms with Gasteiger partial charge < -0.3 is 0 Å². The smallest absolute Gasteiger partial charge is 0.295 e. The maximum absolute atomic E-state index is 12.8. The number of alkyl halides is 3. The van der Waals surface area contributed by atoms with Crippen LogP contribution in [0.15, 0.2) is 61.2 Å². The average molecular weight is 443 g/mol. The van der Waals surface area contributed by atoms with Crippen molar-refractivity contribution in [3.63, 3.8) is 0 Å². The zero-order valence-corrected chi connectivity index (χ0v) is 18.7. The lowest BCUT2D eigenvalue weighted by molar-refractivity contribution is -0.137. The highest BCUT2D eigenvalue weighted by molar-refractivity contribution is 5.92. The van der Waals surface area contributed by atoms with Crippen LogP contribution in [0.4, 0.5) is 13.2 Å². The van der Waals surface area contributed by atoms with Crippen LogP contribution in [0.3, 0.4) is 0 Å². The number of carbonyl (C=O) groups excluding carboxylic acids is 1. The topological polar surface area (TPSA) is 42.9 Å². The van der Waals surface area contributed by atoms with Crippen molar-refractivity contribution in [2.75, 3.05) is 0 Å². The Kier molecular flexibility index (Phi) is 9.12. The molecule has 3 rings (SSSR count). The molecule has 0 amide bonds. The molecule has 1 heterocycles. The molecule has 32 heavy (non-hydrogen) atoms. The monoisotopic (exact) mass is 442 g/mol. The Morgan fingerprint density at radius 3 is 2.19 bits per heavy atom. The van der Waals surface area contributed by atoms with Gasteiger partial charge in [-0.2, -0.15) is 13.2 Å². The number of benzene rings is 2. The van der Waals surface area contributed by atoms with Crippen LogP contribution in [0.25, 0.3) is 22.2 Å². The number of carbonyl (C=O) groups is 1. The molecule has 0 aliphatic heterocycles. The van der Waals surface area contributed by atoms with Crippen molar-refractivity contribution in [1.29, 1.82) is 0 Å². The Hall–Kier alpha value is -3.02. The van der Waals surface area contributed by atoms with E-state index in [2.05, 4.69) is 20.4 Å². The molecule has 0 aliphatic carbocycles. The second-order valence-electron chi connectivity index (χ2n) is 7.44. The van der Waals surface area contributed by atoms with Crippen molar-refractivity contribution >= 4 is 16.7 Å². The molecule has 0 radical (unpaired) electrons. The van der Waals surface area contributed by atoms with E-state index < -0.39 is 11.7 Å². The van der Waals surface area contributed by atoms with E-state index in [9.17, 15) is 18.0 Å². The van der Waals surface area contributed by atoms with E-state index >= 15 is 0 Å². The van der Waals surface area contributed by atoms with Crippen molar-refractivity contribution in [3.8, 4) is 11.3 Å². The zero-order valence-electron chi connectivity index (χ0n) is 18.7. The number of fused-ring (bicyclic) bond motifs is 1. The Morgan fingerprint density at radius 2 is 1.69 bits per heavy atom. The predicted molar refractivity (Wildman–Crippen MR) is 123 cm³/mol. The number of allylic oxidation sites excluding steroid dienone is 1. The number of ketones is 1. The summed E-state index contributed by atoms with van der Waals surface area (Å²) in [6.07, 6.45) is 0.513. The van der Waals surface area contributed by atoms with Gasteiger partial charge in [-0.05, 0) is 37.1 Å². The second kappa shape index (κ2) is 11.6. The first kappa shape index (κ1) is 25.2. The van der Waals surface area contributed by atoms with Gasteiger partial charge in [0.2, 0.25) is 0 Å². The summed E-state index contributed by atoms with van der Waals surface area (Å²) in [5, 5.41) is 0.849. The zero-order chi connectivity index (χ0) is 23.7. The van der Waals surface area contributed by atoms with Crippen LogP contribution < -0.4 is 0 Å². The number of para-hydroxylation sites is 1. The highest BCUT2D eigenvalue weighted by Crippen LogP contribution is 2.33. The van der Waals surface area contributed by atoms with Crippen LogP contribution in [0.5, 0.6) is 0 Å². The first-order valence-electron chi connectivity index (χ1n) is 10.8. The third-order valence-corrected chi connectivity index (χ3v) is 5.18. The number of halogens is 3. The molecule has 170 valence electrons. The molecule has 0 fully saturated rings. The van der Waals surface area contributed by atoms with Crippen molar-refractivity contribution in [2.24, 2.45) is 0 Å². The molecule has 0 aliphatic rings. The molecular weight excluding hydrogens is 413 g/mol. The molecule has 0 bridgehead atoms. The highest BCUT2D eigenvalue weighted by Gasteiger charge is 2.30. The molecule has 1 atom stereocenters.